The van der Waals surface area contributed by atoms with Crippen LogP contribution in [-0.4, -0.2) is 34.3 Å². The molecule has 1 unspecified atom stereocenters. The van der Waals surface area contributed by atoms with Gasteiger partial charge in [-0.15, -0.1) is 0 Å². The molecule has 0 spiro atoms. The van der Waals surface area contributed by atoms with Crippen molar-refractivity contribution in [3.05, 3.63) is 48.3 Å². The van der Waals surface area contributed by atoms with Gasteiger partial charge in [-0.3, -0.25) is 0 Å². The van der Waals surface area contributed by atoms with Crippen LogP contribution in [0.25, 0.3) is 0 Å². The summed E-state index contributed by atoms with van der Waals surface area (Å²) in [4.78, 5) is 7.22. The van der Waals surface area contributed by atoms with E-state index in [1.54, 1.807) is 30.3 Å². The van der Waals surface area contributed by atoms with Crippen LogP contribution >= 0.6 is 0 Å². The van der Waals surface area contributed by atoms with Gasteiger partial charge >= 0.3 is 12.1 Å². The monoisotopic (exact) mass is 380 g/mol. The minimum Gasteiger partial charge on any atom is -0.473 e. The van der Waals surface area contributed by atoms with Crippen LogP contribution in [0.5, 0.6) is 11.8 Å². The molecule has 2 aromatic rings. The van der Waals surface area contributed by atoms with Gasteiger partial charge in [0.2, 0.25) is 11.8 Å². The van der Waals surface area contributed by atoms with Crippen LogP contribution in [0.2, 0.25) is 0 Å². The summed E-state index contributed by atoms with van der Waals surface area (Å²) >= 11 is 0. The summed E-state index contributed by atoms with van der Waals surface area (Å²) in [7, 11) is 0. The third-order valence-electron chi connectivity index (χ3n) is 3.47. The second-order valence-corrected chi connectivity index (χ2v) is 5.46. The van der Waals surface area contributed by atoms with Gasteiger partial charge in [-0.2, -0.15) is 22.0 Å². The molecule has 1 aromatic carbocycles. The first-order valence-electron chi connectivity index (χ1n) is 7.28. The maximum absolute atomic E-state index is 13.6. The van der Waals surface area contributed by atoms with E-state index in [9.17, 15) is 26.3 Å². The van der Waals surface area contributed by atoms with Crippen LogP contribution in [0.4, 0.5) is 26.3 Å². The summed E-state index contributed by atoms with van der Waals surface area (Å²) in [6.45, 7) is -1.98. The second-order valence-electron chi connectivity index (χ2n) is 5.46. The van der Waals surface area contributed by atoms with Gasteiger partial charge in [-0.05, 0) is 12.5 Å². The normalized spacial score (nSPS) is 14.6. The molecule has 0 fully saturated rings. The predicted molar refractivity (Wildman–Crippen MR) is 78.8 cm³/mol. The SMILES string of the molecule is CC(F)(C(F)(F)F)C(F)(F)COc1cc(OCc2ccccc2)ncn1. The molecule has 0 saturated heterocycles. The Morgan fingerprint density at radius 3 is 2.04 bits per heavy atom. The number of rotatable bonds is 7. The Hall–Kier alpha value is -2.52. The van der Waals surface area contributed by atoms with Crippen molar-refractivity contribution in [3.8, 4) is 11.8 Å². The Balaban J connectivity index is 2.00. The van der Waals surface area contributed by atoms with E-state index in [2.05, 4.69) is 14.7 Å². The van der Waals surface area contributed by atoms with E-state index in [1.165, 1.54) is 0 Å². The molecule has 142 valence electrons. The van der Waals surface area contributed by atoms with E-state index in [0.29, 0.717) is 0 Å². The van der Waals surface area contributed by atoms with Crippen molar-refractivity contribution < 1.29 is 35.8 Å². The molecule has 10 heteroatoms. The third kappa shape index (κ3) is 4.55. The molecule has 0 amide bonds. The molecular weight excluding hydrogens is 366 g/mol. The van der Waals surface area contributed by atoms with Crippen molar-refractivity contribution in [2.75, 3.05) is 6.61 Å². The van der Waals surface area contributed by atoms with Gasteiger partial charge < -0.3 is 9.47 Å². The topological polar surface area (TPSA) is 44.2 Å². The van der Waals surface area contributed by atoms with Gasteiger partial charge in [0, 0.05) is 0 Å². The van der Waals surface area contributed by atoms with Gasteiger partial charge in [0.25, 0.3) is 5.67 Å². The van der Waals surface area contributed by atoms with Gasteiger partial charge in [0.05, 0.1) is 6.07 Å². The fourth-order valence-electron chi connectivity index (χ4n) is 1.72. The summed E-state index contributed by atoms with van der Waals surface area (Å²) in [5.41, 5.74) is -3.95. The lowest BCUT2D eigenvalue weighted by atomic mass is 10.0. The van der Waals surface area contributed by atoms with Crippen LogP contribution in [0.1, 0.15) is 12.5 Å². The lowest BCUT2D eigenvalue weighted by Crippen LogP contribution is -2.55. The number of hydrogen-bond acceptors (Lipinski definition) is 4. The Bertz CT molecular complexity index is 722. The standard InChI is InChI=1S/C16H14F6N2O2/c1-14(17,16(20,21)22)15(18,19)9-26-13-7-12(23-10-24-13)25-8-11-5-3-2-4-6-11/h2-7,10H,8-9H2,1H3. The first-order valence-corrected chi connectivity index (χ1v) is 7.28. The summed E-state index contributed by atoms with van der Waals surface area (Å²) in [6.07, 6.45) is -4.83. The minimum atomic E-state index is -5.75. The Morgan fingerprint density at radius 2 is 1.46 bits per heavy atom. The van der Waals surface area contributed by atoms with Crippen molar-refractivity contribution >= 4 is 0 Å². The number of nitrogens with zero attached hydrogens (tertiary/aromatic N) is 2. The molecule has 0 aliphatic heterocycles. The van der Waals surface area contributed by atoms with E-state index in [0.717, 1.165) is 18.0 Å². The van der Waals surface area contributed by atoms with E-state index < -0.39 is 30.3 Å². The van der Waals surface area contributed by atoms with E-state index >= 15 is 0 Å². The van der Waals surface area contributed by atoms with Crippen molar-refractivity contribution in [1.82, 2.24) is 9.97 Å². The number of halogens is 6. The number of benzene rings is 1. The lowest BCUT2D eigenvalue weighted by molar-refractivity contribution is -0.300. The zero-order valence-corrected chi connectivity index (χ0v) is 13.4. The van der Waals surface area contributed by atoms with Crippen LogP contribution in [-0.2, 0) is 6.61 Å². The Labute approximate surface area is 144 Å². The Kier molecular flexibility index (Phi) is 5.62. The molecule has 1 heterocycles. The molecule has 0 N–H and O–H groups in total. The van der Waals surface area contributed by atoms with Gasteiger partial charge in [-0.25, -0.2) is 14.4 Å². The van der Waals surface area contributed by atoms with E-state index in [4.69, 9.17) is 4.74 Å². The highest BCUT2D eigenvalue weighted by molar-refractivity contribution is 5.20. The lowest BCUT2D eigenvalue weighted by Gasteiger charge is -2.31. The first-order chi connectivity index (χ1) is 12.0. The summed E-state index contributed by atoms with van der Waals surface area (Å²) in [6, 6.07) is 9.94. The smallest absolute Gasteiger partial charge is 0.428 e. The van der Waals surface area contributed by atoms with Crippen LogP contribution in [0, 0.1) is 0 Å². The number of ether oxygens (including phenoxy) is 2. The summed E-state index contributed by atoms with van der Waals surface area (Å²) in [5.74, 6) is -5.33. The number of alkyl halides is 6. The molecular formula is C16H14F6N2O2. The predicted octanol–water partition coefficient (Wildman–Crippen LogP) is 4.36. The van der Waals surface area contributed by atoms with Crippen molar-refractivity contribution in [3.63, 3.8) is 0 Å². The quantitative estimate of drug-likeness (QED) is 0.670. The maximum Gasteiger partial charge on any atom is 0.428 e. The van der Waals surface area contributed by atoms with Gasteiger partial charge in [0.15, 0.2) is 6.61 Å². The zero-order valence-electron chi connectivity index (χ0n) is 13.4. The zero-order chi connectivity index (χ0) is 19.4. The van der Waals surface area contributed by atoms with E-state index in [-0.39, 0.29) is 19.4 Å². The Morgan fingerprint density at radius 1 is 0.885 bits per heavy atom. The highest BCUT2D eigenvalue weighted by Crippen LogP contribution is 2.45. The molecule has 2 rings (SSSR count). The van der Waals surface area contributed by atoms with Gasteiger partial charge in [0.1, 0.15) is 12.9 Å². The van der Waals surface area contributed by atoms with Crippen LogP contribution in [0.3, 0.4) is 0 Å². The fraction of sp³-hybridized carbons (Fsp3) is 0.375. The molecule has 4 nitrogen and oxygen atoms in total. The fourth-order valence-corrected chi connectivity index (χ4v) is 1.72. The molecule has 1 aromatic heterocycles. The highest BCUT2D eigenvalue weighted by atomic mass is 19.4. The molecule has 0 bridgehead atoms. The van der Waals surface area contributed by atoms with Crippen molar-refractivity contribution in [1.29, 1.82) is 0 Å². The maximum atomic E-state index is 13.6. The summed E-state index contributed by atoms with van der Waals surface area (Å²) < 4.78 is 87.7. The number of aromatic nitrogens is 2. The molecule has 0 saturated carbocycles. The largest absolute Gasteiger partial charge is 0.473 e. The molecule has 26 heavy (non-hydrogen) atoms. The summed E-state index contributed by atoms with van der Waals surface area (Å²) in [5, 5.41) is 0. The van der Waals surface area contributed by atoms with E-state index in [1.807, 2.05) is 0 Å². The number of hydrogen-bond donors (Lipinski definition) is 0. The third-order valence-corrected chi connectivity index (χ3v) is 3.47. The highest BCUT2D eigenvalue weighted by Gasteiger charge is 2.68. The molecule has 1 atom stereocenters. The van der Waals surface area contributed by atoms with Gasteiger partial charge in [-0.1, -0.05) is 30.3 Å². The second kappa shape index (κ2) is 7.38. The van der Waals surface area contributed by atoms with Crippen molar-refractivity contribution in [2.24, 2.45) is 0 Å². The molecule has 0 radical (unpaired) electrons. The van der Waals surface area contributed by atoms with Crippen molar-refractivity contribution in [2.45, 2.75) is 31.3 Å². The van der Waals surface area contributed by atoms with Crippen LogP contribution < -0.4 is 9.47 Å². The average molecular weight is 380 g/mol. The average Bonchev–Trinajstić information content (AvgIpc) is 2.58. The minimum absolute atomic E-state index is 0.0407. The van der Waals surface area contributed by atoms with Crippen LogP contribution in [0.15, 0.2) is 42.7 Å². The molecule has 0 aliphatic carbocycles. The first kappa shape index (κ1) is 19.8. The molecule has 0 aliphatic rings.